The van der Waals surface area contributed by atoms with E-state index < -0.39 is 5.97 Å². The molecule has 0 aliphatic rings. The Bertz CT molecular complexity index is 519. The molecule has 19 heavy (non-hydrogen) atoms. The summed E-state index contributed by atoms with van der Waals surface area (Å²) in [5, 5.41) is 3.88. The van der Waals surface area contributed by atoms with Gasteiger partial charge in [-0.15, -0.1) is 0 Å². The number of rotatable bonds is 6. The maximum Gasteiger partial charge on any atom is 0.345 e. The number of aromatic nitrogens is 1. The molecule has 4 heteroatoms. The summed E-state index contributed by atoms with van der Waals surface area (Å²) in [5.74, 6) is -0.280. The van der Waals surface area contributed by atoms with E-state index in [4.69, 9.17) is 9.26 Å². The van der Waals surface area contributed by atoms with Crippen LogP contribution in [0.15, 0.2) is 40.9 Å². The number of hydrogen-bond donors (Lipinski definition) is 0. The molecule has 0 N–H and O–H groups in total. The minimum Gasteiger partial charge on any atom is -0.387 e. The highest BCUT2D eigenvalue weighted by Gasteiger charge is 2.12. The van der Waals surface area contributed by atoms with Gasteiger partial charge in [0.25, 0.3) is 0 Å². The molecule has 1 heterocycles. The fourth-order valence-electron chi connectivity index (χ4n) is 1.74. The monoisotopic (exact) mass is 259 g/mol. The van der Waals surface area contributed by atoms with E-state index >= 15 is 0 Å². The van der Waals surface area contributed by atoms with Crippen LogP contribution in [0.2, 0.25) is 0 Å². The largest absolute Gasteiger partial charge is 0.387 e. The summed E-state index contributed by atoms with van der Waals surface area (Å²) in [6.45, 7) is 2.15. The third-order valence-electron chi connectivity index (χ3n) is 2.78. The average Bonchev–Trinajstić information content (AvgIpc) is 2.88. The Morgan fingerprint density at radius 2 is 2.05 bits per heavy atom. The number of aryl methyl sites for hydroxylation is 1. The van der Waals surface area contributed by atoms with E-state index in [2.05, 4.69) is 12.1 Å². The molecular formula is C15H17NO3. The molecule has 4 nitrogen and oxygen atoms in total. The Morgan fingerprint density at radius 3 is 2.79 bits per heavy atom. The lowest BCUT2D eigenvalue weighted by Crippen LogP contribution is -2.07. The predicted octanol–water partition coefficient (Wildman–Crippen LogP) is 3.63. The fraction of sp³-hybridized carbons (Fsp3) is 0.333. The number of carbonyl (C=O) groups excluding carboxylic acids is 1. The van der Waals surface area contributed by atoms with Crippen LogP contribution >= 0.6 is 0 Å². The Balaban J connectivity index is 1.91. The van der Waals surface area contributed by atoms with E-state index in [9.17, 15) is 4.79 Å². The van der Waals surface area contributed by atoms with Crippen LogP contribution in [0.3, 0.4) is 0 Å². The van der Waals surface area contributed by atoms with Crippen LogP contribution < -0.4 is 4.74 Å². The molecule has 0 saturated carbocycles. The molecule has 0 spiro atoms. The smallest absolute Gasteiger partial charge is 0.345 e. The molecule has 1 aromatic heterocycles. The van der Waals surface area contributed by atoms with E-state index in [-0.39, 0.29) is 5.95 Å². The van der Waals surface area contributed by atoms with Crippen molar-refractivity contribution in [3.63, 3.8) is 0 Å². The van der Waals surface area contributed by atoms with Gasteiger partial charge >= 0.3 is 11.9 Å². The van der Waals surface area contributed by atoms with Crippen molar-refractivity contribution in [3.05, 3.63) is 47.7 Å². The molecule has 0 amide bonds. The van der Waals surface area contributed by atoms with Crippen LogP contribution in [-0.4, -0.2) is 11.1 Å². The zero-order valence-corrected chi connectivity index (χ0v) is 11.0. The molecule has 0 bridgehead atoms. The average molecular weight is 259 g/mol. The van der Waals surface area contributed by atoms with Crippen LogP contribution in [0, 0.1) is 0 Å². The van der Waals surface area contributed by atoms with Gasteiger partial charge < -0.3 is 9.26 Å². The lowest BCUT2D eigenvalue weighted by Gasteiger charge is -1.98. The van der Waals surface area contributed by atoms with Gasteiger partial charge in [-0.1, -0.05) is 43.1 Å². The van der Waals surface area contributed by atoms with Gasteiger partial charge in [0.2, 0.25) is 0 Å². The van der Waals surface area contributed by atoms with Gasteiger partial charge in [-0.05, 0) is 25.0 Å². The summed E-state index contributed by atoms with van der Waals surface area (Å²) in [4.78, 5) is 11.8. The first-order valence-electron chi connectivity index (χ1n) is 6.52. The first-order valence-corrected chi connectivity index (χ1v) is 6.52. The zero-order chi connectivity index (χ0) is 13.5. The molecule has 0 aliphatic carbocycles. The minimum absolute atomic E-state index is 0.153. The lowest BCUT2D eigenvalue weighted by atomic mass is 10.2. The third-order valence-corrected chi connectivity index (χ3v) is 2.78. The molecule has 0 radical (unpaired) electrons. The molecule has 0 saturated heterocycles. The maximum atomic E-state index is 11.8. The second kappa shape index (κ2) is 6.73. The molecule has 0 aliphatic heterocycles. The van der Waals surface area contributed by atoms with Gasteiger partial charge in [0.15, 0.2) is 0 Å². The van der Waals surface area contributed by atoms with Crippen molar-refractivity contribution < 1.29 is 14.1 Å². The Hall–Kier alpha value is -2.10. The van der Waals surface area contributed by atoms with Crippen molar-refractivity contribution in [2.75, 3.05) is 0 Å². The second-order valence-electron chi connectivity index (χ2n) is 4.35. The molecule has 2 aromatic rings. The van der Waals surface area contributed by atoms with E-state index in [1.54, 1.807) is 30.3 Å². The molecule has 0 atom stereocenters. The van der Waals surface area contributed by atoms with Gasteiger partial charge in [-0.3, -0.25) is 0 Å². The van der Waals surface area contributed by atoms with Gasteiger partial charge in [-0.25, -0.2) is 4.79 Å². The Kier molecular flexibility index (Phi) is 4.72. The van der Waals surface area contributed by atoms with E-state index in [1.807, 2.05) is 6.07 Å². The normalized spacial score (nSPS) is 10.4. The molecule has 100 valence electrons. The highest BCUT2D eigenvalue weighted by atomic mass is 16.6. The summed E-state index contributed by atoms with van der Waals surface area (Å²) in [5.41, 5.74) is 1.32. The van der Waals surface area contributed by atoms with Gasteiger partial charge in [0.05, 0.1) is 11.3 Å². The van der Waals surface area contributed by atoms with E-state index in [0.717, 1.165) is 31.4 Å². The number of nitrogens with zero attached hydrogens (tertiary/aromatic N) is 1. The van der Waals surface area contributed by atoms with Crippen molar-refractivity contribution >= 4 is 5.97 Å². The number of carbonyl (C=O) groups is 1. The summed E-state index contributed by atoms with van der Waals surface area (Å²) >= 11 is 0. The van der Waals surface area contributed by atoms with Crippen molar-refractivity contribution in [1.29, 1.82) is 0 Å². The van der Waals surface area contributed by atoms with Crippen molar-refractivity contribution in [3.8, 4) is 5.95 Å². The first-order chi connectivity index (χ1) is 9.29. The highest BCUT2D eigenvalue weighted by Crippen LogP contribution is 2.16. The summed E-state index contributed by atoms with van der Waals surface area (Å²) in [7, 11) is 0. The van der Waals surface area contributed by atoms with E-state index in [1.165, 1.54) is 0 Å². The fourth-order valence-corrected chi connectivity index (χ4v) is 1.74. The SMILES string of the molecule is CCCCCc1cc(OC(=O)c2ccccc2)on1. The van der Waals surface area contributed by atoms with Crippen LogP contribution in [0.25, 0.3) is 0 Å². The minimum atomic E-state index is -0.433. The summed E-state index contributed by atoms with van der Waals surface area (Å²) in [6, 6.07) is 10.5. The molecule has 0 fully saturated rings. The topological polar surface area (TPSA) is 52.3 Å². The van der Waals surface area contributed by atoms with Gasteiger partial charge in [0.1, 0.15) is 0 Å². The lowest BCUT2D eigenvalue weighted by molar-refractivity contribution is 0.0680. The number of hydrogen-bond acceptors (Lipinski definition) is 4. The van der Waals surface area contributed by atoms with E-state index in [0.29, 0.717) is 5.56 Å². The Labute approximate surface area is 112 Å². The first kappa shape index (κ1) is 13.3. The number of unbranched alkanes of at least 4 members (excludes halogenated alkanes) is 2. The zero-order valence-electron chi connectivity index (χ0n) is 11.0. The van der Waals surface area contributed by atoms with Crippen molar-refractivity contribution in [2.24, 2.45) is 0 Å². The molecular weight excluding hydrogens is 242 g/mol. The molecule has 2 rings (SSSR count). The van der Waals surface area contributed by atoms with Crippen molar-refractivity contribution in [1.82, 2.24) is 5.16 Å². The third kappa shape index (κ3) is 3.95. The standard InChI is InChI=1S/C15H17NO3/c1-2-3-5-10-13-11-14(19-16-13)18-15(17)12-8-6-4-7-9-12/h4,6-9,11H,2-3,5,10H2,1H3. The highest BCUT2D eigenvalue weighted by molar-refractivity contribution is 5.90. The van der Waals surface area contributed by atoms with Crippen LogP contribution in [0.4, 0.5) is 0 Å². The van der Waals surface area contributed by atoms with Gasteiger partial charge in [0, 0.05) is 6.07 Å². The number of ether oxygens (including phenoxy) is 1. The van der Waals surface area contributed by atoms with Crippen LogP contribution in [-0.2, 0) is 6.42 Å². The van der Waals surface area contributed by atoms with Crippen LogP contribution in [0.1, 0.15) is 42.2 Å². The number of esters is 1. The Morgan fingerprint density at radius 1 is 1.26 bits per heavy atom. The van der Waals surface area contributed by atoms with Crippen LogP contribution in [0.5, 0.6) is 5.95 Å². The molecule has 0 unspecified atom stereocenters. The number of benzene rings is 1. The second-order valence-corrected chi connectivity index (χ2v) is 4.35. The summed E-state index contributed by atoms with van der Waals surface area (Å²) < 4.78 is 10.1. The van der Waals surface area contributed by atoms with Crippen molar-refractivity contribution in [2.45, 2.75) is 32.6 Å². The van der Waals surface area contributed by atoms with Gasteiger partial charge in [-0.2, -0.15) is 0 Å². The summed E-state index contributed by atoms with van der Waals surface area (Å²) in [6.07, 6.45) is 4.23. The molecule has 1 aromatic carbocycles. The quantitative estimate of drug-likeness (QED) is 0.587. The maximum absolute atomic E-state index is 11.8. The predicted molar refractivity (Wildman–Crippen MR) is 71.1 cm³/mol.